The van der Waals surface area contributed by atoms with E-state index in [-0.39, 0.29) is 17.6 Å². The number of hydrogen-bond acceptors (Lipinski definition) is 3. The quantitative estimate of drug-likeness (QED) is 0.870. The first-order chi connectivity index (χ1) is 10.6. The fourth-order valence-electron chi connectivity index (χ4n) is 3.44. The largest absolute Gasteiger partial charge is 0.342 e. The molecule has 1 aliphatic carbocycles. The van der Waals surface area contributed by atoms with Crippen LogP contribution in [-0.4, -0.2) is 23.4 Å². The number of hydrogen-bond donors (Lipinski definition) is 1. The molecule has 1 saturated carbocycles. The minimum atomic E-state index is -0.764. The average molecular weight is 298 g/mol. The van der Waals surface area contributed by atoms with Gasteiger partial charge in [-0.15, -0.1) is 0 Å². The van der Waals surface area contributed by atoms with Crippen LogP contribution in [0.5, 0.6) is 0 Å². The molecule has 0 amide bonds. The molecular weight excluding hydrogens is 276 g/mol. The lowest BCUT2D eigenvalue weighted by molar-refractivity contribution is -0.117. The van der Waals surface area contributed by atoms with Gasteiger partial charge < -0.3 is 5.32 Å². The van der Waals surface area contributed by atoms with E-state index in [4.69, 9.17) is 4.99 Å². The van der Waals surface area contributed by atoms with Gasteiger partial charge in [-0.2, -0.15) is 0 Å². The minimum absolute atomic E-state index is 0.117. The van der Waals surface area contributed by atoms with Crippen LogP contribution in [0.15, 0.2) is 23.2 Å². The highest BCUT2D eigenvalue weighted by atomic mass is 16.2. The highest BCUT2D eigenvalue weighted by Gasteiger charge is 2.37. The molecule has 1 atom stereocenters. The highest BCUT2D eigenvalue weighted by molar-refractivity contribution is 6.32. The Balaban J connectivity index is 2.06. The van der Waals surface area contributed by atoms with E-state index in [0.29, 0.717) is 11.4 Å². The molecular formula is C18H22N2O2. The van der Waals surface area contributed by atoms with Crippen molar-refractivity contribution in [1.29, 1.82) is 0 Å². The molecule has 116 valence electrons. The number of benzene rings is 1. The Morgan fingerprint density at radius 2 is 2.05 bits per heavy atom. The van der Waals surface area contributed by atoms with Crippen LogP contribution in [0.1, 0.15) is 55.5 Å². The first-order valence-corrected chi connectivity index (χ1v) is 8.13. The molecule has 3 rings (SSSR count). The molecule has 0 spiro atoms. The standard InChI is InChI=1S/C18H22N2O2/c1-3-12-7-6-10-14-16(12)20-18(15(11(2)21)17(14)22)19-13-8-4-5-9-13/h6-7,10,13,15H,3-5,8-9H2,1-2H3,(H,19,20). The van der Waals surface area contributed by atoms with Crippen molar-refractivity contribution in [3.63, 3.8) is 0 Å². The van der Waals surface area contributed by atoms with Gasteiger partial charge in [0.2, 0.25) is 0 Å². The van der Waals surface area contributed by atoms with Crippen LogP contribution >= 0.6 is 0 Å². The average Bonchev–Trinajstić information content (AvgIpc) is 2.99. The summed E-state index contributed by atoms with van der Waals surface area (Å²) in [7, 11) is 0. The zero-order valence-electron chi connectivity index (χ0n) is 13.2. The van der Waals surface area contributed by atoms with Crippen LogP contribution in [0.3, 0.4) is 0 Å². The Morgan fingerprint density at radius 1 is 1.32 bits per heavy atom. The normalized spacial score (nSPS) is 23.5. The van der Waals surface area contributed by atoms with E-state index in [9.17, 15) is 9.59 Å². The predicted molar refractivity (Wildman–Crippen MR) is 87.6 cm³/mol. The van der Waals surface area contributed by atoms with E-state index < -0.39 is 5.92 Å². The van der Waals surface area contributed by atoms with E-state index in [1.165, 1.54) is 19.8 Å². The lowest BCUT2D eigenvalue weighted by Crippen LogP contribution is -2.40. The Bertz CT molecular complexity index is 642. The SMILES string of the molecule is CCc1cccc2c1NC(=NC1CCCC1)C(C(C)=O)C2=O. The van der Waals surface area contributed by atoms with Gasteiger partial charge in [0.25, 0.3) is 0 Å². The number of fused-ring (bicyclic) bond motifs is 1. The maximum absolute atomic E-state index is 12.8. The number of carbonyl (C=O) groups excluding carboxylic acids is 2. The molecule has 1 unspecified atom stereocenters. The summed E-state index contributed by atoms with van der Waals surface area (Å²) in [5.74, 6) is -0.465. The van der Waals surface area contributed by atoms with Gasteiger partial charge >= 0.3 is 0 Å². The number of Topliss-reactive ketones (excluding diaryl/α,β-unsaturated/α-hetero) is 2. The second-order valence-corrected chi connectivity index (χ2v) is 6.18. The zero-order chi connectivity index (χ0) is 15.7. The van der Waals surface area contributed by atoms with Crippen molar-refractivity contribution in [2.75, 3.05) is 5.32 Å². The summed E-state index contributed by atoms with van der Waals surface area (Å²) in [5.41, 5.74) is 2.54. The van der Waals surface area contributed by atoms with Crippen molar-refractivity contribution >= 4 is 23.1 Å². The fourth-order valence-corrected chi connectivity index (χ4v) is 3.44. The maximum Gasteiger partial charge on any atom is 0.182 e. The predicted octanol–water partition coefficient (Wildman–Crippen LogP) is 3.40. The van der Waals surface area contributed by atoms with E-state index in [1.54, 1.807) is 6.07 Å². The third kappa shape index (κ3) is 2.58. The molecule has 1 heterocycles. The van der Waals surface area contributed by atoms with E-state index in [1.807, 2.05) is 12.1 Å². The second kappa shape index (κ2) is 6.03. The van der Waals surface area contributed by atoms with Crippen molar-refractivity contribution in [2.24, 2.45) is 10.9 Å². The summed E-state index contributed by atoms with van der Waals surface area (Å²) in [5, 5.41) is 3.31. The molecule has 22 heavy (non-hydrogen) atoms. The lowest BCUT2D eigenvalue weighted by Gasteiger charge is -2.27. The Hall–Kier alpha value is -1.97. The van der Waals surface area contributed by atoms with Gasteiger partial charge in [-0.05, 0) is 37.8 Å². The number of aliphatic imine (C=N–C) groups is 1. The van der Waals surface area contributed by atoms with Crippen molar-refractivity contribution in [3.8, 4) is 0 Å². The number of rotatable bonds is 3. The topological polar surface area (TPSA) is 58.5 Å². The summed E-state index contributed by atoms with van der Waals surface area (Å²) in [6, 6.07) is 5.94. The van der Waals surface area contributed by atoms with Crippen LogP contribution in [0, 0.1) is 5.92 Å². The van der Waals surface area contributed by atoms with Crippen LogP contribution in [0.2, 0.25) is 0 Å². The van der Waals surface area contributed by atoms with Gasteiger partial charge in [-0.3, -0.25) is 14.6 Å². The zero-order valence-corrected chi connectivity index (χ0v) is 13.2. The minimum Gasteiger partial charge on any atom is -0.342 e. The molecule has 0 bridgehead atoms. The molecule has 4 nitrogen and oxygen atoms in total. The summed E-state index contributed by atoms with van der Waals surface area (Å²) in [6.07, 6.45) is 5.29. The molecule has 4 heteroatoms. The summed E-state index contributed by atoms with van der Waals surface area (Å²) in [6.45, 7) is 3.54. The van der Waals surface area contributed by atoms with Crippen LogP contribution in [-0.2, 0) is 11.2 Å². The molecule has 0 radical (unpaired) electrons. The Morgan fingerprint density at radius 3 is 2.68 bits per heavy atom. The molecule has 0 aromatic heterocycles. The Labute approximate surface area is 131 Å². The molecule has 1 aromatic carbocycles. The van der Waals surface area contributed by atoms with Gasteiger partial charge in [0.15, 0.2) is 5.78 Å². The van der Waals surface area contributed by atoms with Gasteiger partial charge in [0.1, 0.15) is 17.5 Å². The molecule has 1 aliphatic heterocycles. The lowest BCUT2D eigenvalue weighted by atomic mass is 9.86. The van der Waals surface area contributed by atoms with Gasteiger partial charge in [-0.1, -0.05) is 31.9 Å². The van der Waals surface area contributed by atoms with E-state index in [2.05, 4.69) is 12.2 Å². The van der Waals surface area contributed by atoms with E-state index >= 15 is 0 Å². The smallest absolute Gasteiger partial charge is 0.182 e. The number of aryl methyl sites for hydroxylation is 1. The first-order valence-electron chi connectivity index (χ1n) is 8.13. The van der Waals surface area contributed by atoms with Gasteiger partial charge in [-0.25, -0.2) is 0 Å². The number of ketones is 2. The number of anilines is 1. The number of amidine groups is 1. The summed E-state index contributed by atoms with van der Waals surface area (Å²) < 4.78 is 0. The van der Waals surface area contributed by atoms with Gasteiger partial charge in [0.05, 0.1) is 11.7 Å². The molecule has 2 aliphatic rings. The molecule has 1 N–H and O–H groups in total. The summed E-state index contributed by atoms with van der Waals surface area (Å²) in [4.78, 5) is 29.5. The third-order valence-corrected chi connectivity index (χ3v) is 4.64. The molecule has 1 fully saturated rings. The van der Waals surface area contributed by atoms with Crippen molar-refractivity contribution < 1.29 is 9.59 Å². The van der Waals surface area contributed by atoms with Crippen LogP contribution in [0.4, 0.5) is 5.69 Å². The van der Waals surface area contributed by atoms with E-state index in [0.717, 1.165) is 30.5 Å². The number of para-hydroxylation sites is 1. The monoisotopic (exact) mass is 298 g/mol. The number of nitrogens with zero attached hydrogens (tertiary/aromatic N) is 1. The van der Waals surface area contributed by atoms with Crippen molar-refractivity contribution in [2.45, 2.75) is 52.0 Å². The molecule has 0 saturated heterocycles. The van der Waals surface area contributed by atoms with Crippen LogP contribution in [0.25, 0.3) is 0 Å². The molecule has 1 aromatic rings. The summed E-state index contributed by atoms with van der Waals surface area (Å²) >= 11 is 0. The van der Waals surface area contributed by atoms with Crippen molar-refractivity contribution in [3.05, 3.63) is 29.3 Å². The first kappa shape index (κ1) is 14.9. The third-order valence-electron chi connectivity index (χ3n) is 4.64. The Kier molecular flexibility index (Phi) is 4.10. The second-order valence-electron chi connectivity index (χ2n) is 6.18. The fraction of sp³-hybridized carbons (Fsp3) is 0.500. The maximum atomic E-state index is 12.8. The number of carbonyl (C=O) groups is 2. The number of nitrogens with one attached hydrogen (secondary N) is 1. The van der Waals surface area contributed by atoms with Gasteiger partial charge in [0, 0.05) is 5.56 Å². The van der Waals surface area contributed by atoms with Crippen LogP contribution < -0.4 is 5.32 Å². The van der Waals surface area contributed by atoms with Crippen molar-refractivity contribution in [1.82, 2.24) is 0 Å². The highest BCUT2D eigenvalue weighted by Crippen LogP contribution is 2.31.